The van der Waals surface area contributed by atoms with Crippen LogP contribution in [-0.2, 0) is 0 Å². The van der Waals surface area contributed by atoms with E-state index in [1.54, 1.807) is 22.7 Å². The number of thiophene rings is 2. The van der Waals surface area contributed by atoms with Gasteiger partial charge in [0.2, 0.25) is 0 Å². The van der Waals surface area contributed by atoms with Gasteiger partial charge in [-0.3, -0.25) is 0 Å². The van der Waals surface area contributed by atoms with Crippen LogP contribution < -0.4 is 0 Å². The van der Waals surface area contributed by atoms with Crippen LogP contribution in [0.2, 0.25) is 5.15 Å². The number of halogens is 1. The van der Waals surface area contributed by atoms with Gasteiger partial charge in [-0.25, -0.2) is 9.97 Å². The second-order valence-electron chi connectivity index (χ2n) is 4.27. The third-order valence-corrected chi connectivity index (χ3v) is 5.32. The lowest BCUT2D eigenvalue weighted by molar-refractivity contribution is 1.23. The number of nitrogens with zero attached hydrogens (tertiary/aromatic N) is 2. The molecule has 0 bridgehead atoms. The average molecular weight is 295 g/mol. The van der Waals surface area contributed by atoms with Crippen LogP contribution in [0.4, 0.5) is 0 Å². The molecule has 18 heavy (non-hydrogen) atoms. The van der Waals surface area contributed by atoms with Crippen LogP contribution in [0.5, 0.6) is 0 Å². The highest BCUT2D eigenvalue weighted by atomic mass is 35.5. The Labute approximate surface area is 118 Å². The predicted octanol–water partition coefficient (Wildman–Crippen LogP) is 5.00. The van der Waals surface area contributed by atoms with Gasteiger partial charge in [0, 0.05) is 15.8 Å². The van der Waals surface area contributed by atoms with Crippen molar-refractivity contribution in [3.63, 3.8) is 0 Å². The first-order valence-electron chi connectivity index (χ1n) is 5.54. The lowest BCUT2D eigenvalue weighted by atomic mass is 10.2. The first-order chi connectivity index (χ1) is 8.58. The van der Waals surface area contributed by atoms with Gasteiger partial charge >= 0.3 is 0 Å². The second-order valence-corrected chi connectivity index (χ2v) is 6.57. The highest BCUT2D eigenvalue weighted by Crippen LogP contribution is 2.35. The molecular formula is C13H11ClN2S2. The summed E-state index contributed by atoms with van der Waals surface area (Å²) >= 11 is 9.65. The van der Waals surface area contributed by atoms with E-state index in [0.29, 0.717) is 5.15 Å². The van der Waals surface area contributed by atoms with Gasteiger partial charge in [-0.15, -0.1) is 11.3 Å². The maximum atomic E-state index is 6.31. The number of hydrogen-bond donors (Lipinski definition) is 0. The summed E-state index contributed by atoms with van der Waals surface area (Å²) in [7, 11) is 0. The lowest BCUT2D eigenvalue weighted by Crippen LogP contribution is -1.90. The summed E-state index contributed by atoms with van der Waals surface area (Å²) in [5.41, 5.74) is 3.46. The molecule has 0 saturated heterocycles. The van der Waals surface area contributed by atoms with Crippen LogP contribution >= 0.6 is 34.3 Å². The Bertz CT molecular complexity index is 743. The van der Waals surface area contributed by atoms with Gasteiger partial charge in [0.25, 0.3) is 0 Å². The van der Waals surface area contributed by atoms with E-state index in [-0.39, 0.29) is 0 Å². The zero-order valence-corrected chi connectivity index (χ0v) is 12.6. The van der Waals surface area contributed by atoms with E-state index in [4.69, 9.17) is 11.6 Å². The zero-order valence-electron chi connectivity index (χ0n) is 10.2. The lowest BCUT2D eigenvalue weighted by Gasteiger charge is -2.01. The van der Waals surface area contributed by atoms with Gasteiger partial charge in [0.15, 0.2) is 5.82 Å². The van der Waals surface area contributed by atoms with Crippen molar-refractivity contribution in [1.82, 2.24) is 9.97 Å². The van der Waals surface area contributed by atoms with Crippen LogP contribution in [0.3, 0.4) is 0 Å². The minimum Gasteiger partial charge on any atom is -0.217 e. The van der Waals surface area contributed by atoms with Gasteiger partial charge in [-0.2, -0.15) is 11.3 Å². The monoisotopic (exact) mass is 294 g/mol. The van der Waals surface area contributed by atoms with Gasteiger partial charge in [-0.1, -0.05) is 11.6 Å². The van der Waals surface area contributed by atoms with Crippen LogP contribution in [0, 0.1) is 20.8 Å². The molecule has 0 atom stereocenters. The molecule has 3 heterocycles. The summed E-state index contributed by atoms with van der Waals surface area (Å²) in [4.78, 5) is 11.3. The Balaban J connectivity index is 2.31. The van der Waals surface area contributed by atoms with Crippen molar-refractivity contribution in [2.45, 2.75) is 20.8 Å². The van der Waals surface area contributed by atoms with Crippen molar-refractivity contribution in [3.8, 4) is 11.4 Å². The summed E-state index contributed by atoms with van der Waals surface area (Å²) in [6.45, 7) is 6.23. The maximum absolute atomic E-state index is 6.31. The Morgan fingerprint density at radius 3 is 2.56 bits per heavy atom. The summed E-state index contributed by atoms with van der Waals surface area (Å²) in [5, 5.41) is 5.72. The number of aromatic nitrogens is 2. The molecule has 3 aromatic heterocycles. The van der Waals surface area contributed by atoms with Crippen molar-refractivity contribution in [3.05, 3.63) is 31.9 Å². The fraction of sp³-hybridized carbons (Fsp3) is 0.231. The van der Waals surface area contributed by atoms with E-state index in [0.717, 1.165) is 21.6 Å². The number of aryl methyl sites for hydroxylation is 3. The summed E-state index contributed by atoms with van der Waals surface area (Å²) in [6.07, 6.45) is 0. The average Bonchev–Trinajstić information content (AvgIpc) is 2.84. The highest BCUT2D eigenvalue weighted by Gasteiger charge is 2.15. The molecule has 92 valence electrons. The molecule has 0 aliphatic heterocycles. The van der Waals surface area contributed by atoms with Crippen molar-refractivity contribution >= 4 is 44.5 Å². The highest BCUT2D eigenvalue weighted by molar-refractivity contribution is 7.18. The normalized spacial score (nSPS) is 11.3. The molecule has 0 spiro atoms. The quantitative estimate of drug-likeness (QED) is 0.590. The molecular weight excluding hydrogens is 284 g/mol. The first-order valence-corrected chi connectivity index (χ1v) is 7.68. The SMILES string of the molecule is Cc1cscc1-c1nc(Cl)c2c(C)c(C)sc2n1. The van der Waals surface area contributed by atoms with E-state index in [2.05, 4.69) is 41.5 Å². The molecule has 0 radical (unpaired) electrons. The van der Waals surface area contributed by atoms with Gasteiger partial charge in [0.1, 0.15) is 9.98 Å². The molecule has 0 unspecified atom stereocenters. The molecule has 0 N–H and O–H groups in total. The number of rotatable bonds is 1. The van der Waals surface area contributed by atoms with Crippen LogP contribution in [-0.4, -0.2) is 9.97 Å². The topological polar surface area (TPSA) is 25.8 Å². The Morgan fingerprint density at radius 2 is 1.89 bits per heavy atom. The molecule has 0 aliphatic rings. The van der Waals surface area contributed by atoms with Crippen LogP contribution in [0.25, 0.3) is 21.6 Å². The van der Waals surface area contributed by atoms with Crippen LogP contribution in [0.15, 0.2) is 10.8 Å². The zero-order chi connectivity index (χ0) is 12.9. The van der Waals surface area contributed by atoms with Crippen molar-refractivity contribution < 1.29 is 0 Å². The van der Waals surface area contributed by atoms with Crippen molar-refractivity contribution in [2.75, 3.05) is 0 Å². The smallest absolute Gasteiger partial charge is 0.163 e. The number of hydrogen-bond acceptors (Lipinski definition) is 4. The third-order valence-electron chi connectivity index (χ3n) is 3.08. The van der Waals surface area contributed by atoms with E-state index in [9.17, 15) is 0 Å². The largest absolute Gasteiger partial charge is 0.217 e. The summed E-state index contributed by atoms with van der Waals surface area (Å²) < 4.78 is 0. The fourth-order valence-electron chi connectivity index (χ4n) is 1.91. The first kappa shape index (κ1) is 12.1. The minimum absolute atomic E-state index is 0.558. The van der Waals surface area contributed by atoms with Gasteiger partial charge < -0.3 is 0 Å². The minimum atomic E-state index is 0.558. The van der Waals surface area contributed by atoms with Gasteiger partial charge in [-0.05, 0) is 37.3 Å². The molecule has 0 amide bonds. The standard InChI is InChI=1S/C13H11ClN2S2/c1-6-4-17-5-9(6)12-15-11(14)10-7(2)8(3)18-13(10)16-12/h4-5H,1-3H3. The predicted molar refractivity (Wildman–Crippen MR) is 79.9 cm³/mol. The molecule has 3 rings (SSSR count). The Hall–Kier alpha value is -0.970. The molecule has 0 fully saturated rings. The molecule has 0 aliphatic carbocycles. The van der Waals surface area contributed by atoms with E-state index < -0.39 is 0 Å². The van der Waals surface area contributed by atoms with Crippen molar-refractivity contribution in [2.24, 2.45) is 0 Å². The van der Waals surface area contributed by atoms with E-state index in [1.807, 2.05) is 0 Å². The fourth-order valence-corrected chi connectivity index (χ4v) is 4.13. The van der Waals surface area contributed by atoms with E-state index >= 15 is 0 Å². The third kappa shape index (κ3) is 1.76. The maximum Gasteiger partial charge on any atom is 0.163 e. The van der Waals surface area contributed by atoms with Crippen LogP contribution in [0.1, 0.15) is 16.0 Å². The molecule has 5 heteroatoms. The number of fused-ring (bicyclic) bond motifs is 1. The molecule has 0 aromatic carbocycles. The molecule has 0 saturated carbocycles. The Kier molecular flexibility index (Phi) is 2.88. The summed E-state index contributed by atoms with van der Waals surface area (Å²) in [5.74, 6) is 0.729. The molecule has 3 aromatic rings. The molecule has 2 nitrogen and oxygen atoms in total. The Morgan fingerprint density at radius 1 is 1.11 bits per heavy atom. The van der Waals surface area contributed by atoms with Gasteiger partial charge in [0.05, 0.1) is 5.39 Å². The summed E-state index contributed by atoms with van der Waals surface area (Å²) in [6, 6.07) is 0. The second kappa shape index (κ2) is 4.30. The van der Waals surface area contributed by atoms with E-state index in [1.165, 1.54) is 16.0 Å². The van der Waals surface area contributed by atoms with Crippen molar-refractivity contribution in [1.29, 1.82) is 0 Å².